The van der Waals surface area contributed by atoms with Crippen molar-refractivity contribution in [2.75, 3.05) is 0 Å². The molecule has 2 rings (SSSR count). The van der Waals surface area contributed by atoms with E-state index in [0.717, 1.165) is 6.07 Å². The summed E-state index contributed by atoms with van der Waals surface area (Å²) in [5.41, 5.74) is 5.47. The number of benzene rings is 1. The highest BCUT2D eigenvalue weighted by molar-refractivity contribution is 5.92. The first-order valence-electron chi connectivity index (χ1n) is 5.45. The van der Waals surface area contributed by atoms with E-state index in [1.165, 1.54) is 22.8 Å². The normalized spacial score (nSPS) is 10.4. The number of carboxylic acid groups (broad SMARTS) is 1. The number of carbonyl (C=O) groups is 2. The fraction of sp³-hybridized carbons (Fsp3) is 0.0769. The number of aromatic carboxylic acids is 1. The van der Waals surface area contributed by atoms with Crippen LogP contribution >= 0.6 is 0 Å². The summed E-state index contributed by atoms with van der Waals surface area (Å²) in [5, 5.41) is 8.94. The highest BCUT2D eigenvalue weighted by atomic mass is 19.1. The molecular formula is C13H11FN2O3. The molecule has 19 heavy (non-hydrogen) atoms. The van der Waals surface area contributed by atoms with E-state index in [1.54, 1.807) is 12.3 Å². The van der Waals surface area contributed by atoms with Crippen LogP contribution in [-0.4, -0.2) is 21.6 Å². The predicted octanol–water partition coefficient (Wildman–Crippen LogP) is 1.47. The molecule has 0 spiro atoms. The van der Waals surface area contributed by atoms with Gasteiger partial charge in [-0.05, 0) is 24.3 Å². The van der Waals surface area contributed by atoms with Crippen LogP contribution < -0.4 is 5.73 Å². The lowest BCUT2D eigenvalue weighted by atomic mass is 10.1. The van der Waals surface area contributed by atoms with E-state index in [2.05, 4.69) is 0 Å². The monoisotopic (exact) mass is 262 g/mol. The summed E-state index contributed by atoms with van der Waals surface area (Å²) in [6.45, 7) is 0.0690. The largest absolute Gasteiger partial charge is 0.477 e. The van der Waals surface area contributed by atoms with E-state index in [1.807, 2.05) is 0 Å². The summed E-state index contributed by atoms with van der Waals surface area (Å²) >= 11 is 0. The molecule has 2 aromatic rings. The number of hydrogen-bond donors (Lipinski definition) is 2. The Hall–Kier alpha value is -2.63. The molecule has 6 heteroatoms. The molecule has 3 N–H and O–H groups in total. The Morgan fingerprint density at radius 1 is 1.32 bits per heavy atom. The van der Waals surface area contributed by atoms with Crippen molar-refractivity contribution in [2.45, 2.75) is 6.54 Å². The van der Waals surface area contributed by atoms with Gasteiger partial charge in [0.1, 0.15) is 11.5 Å². The smallest absolute Gasteiger partial charge is 0.352 e. The summed E-state index contributed by atoms with van der Waals surface area (Å²) < 4.78 is 15.2. The molecule has 0 aliphatic carbocycles. The van der Waals surface area contributed by atoms with E-state index in [4.69, 9.17) is 10.8 Å². The Kier molecular flexibility index (Phi) is 3.33. The molecule has 5 nitrogen and oxygen atoms in total. The minimum atomic E-state index is -1.08. The van der Waals surface area contributed by atoms with Gasteiger partial charge in [-0.2, -0.15) is 0 Å². The lowest BCUT2D eigenvalue weighted by molar-refractivity contribution is 0.0685. The number of aromatic nitrogens is 1. The maximum atomic E-state index is 13.8. The van der Waals surface area contributed by atoms with Crippen molar-refractivity contribution in [3.05, 3.63) is 59.2 Å². The zero-order valence-corrected chi connectivity index (χ0v) is 9.84. The third-order valence-electron chi connectivity index (χ3n) is 2.73. The van der Waals surface area contributed by atoms with Crippen LogP contribution in [0.5, 0.6) is 0 Å². The van der Waals surface area contributed by atoms with Crippen molar-refractivity contribution in [1.29, 1.82) is 0 Å². The average molecular weight is 262 g/mol. The first kappa shape index (κ1) is 12.8. The maximum absolute atomic E-state index is 13.8. The zero-order chi connectivity index (χ0) is 14.0. The maximum Gasteiger partial charge on any atom is 0.352 e. The molecule has 1 aromatic carbocycles. The Morgan fingerprint density at radius 3 is 2.63 bits per heavy atom. The van der Waals surface area contributed by atoms with E-state index in [-0.39, 0.29) is 23.4 Å². The van der Waals surface area contributed by atoms with E-state index in [9.17, 15) is 14.0 Å². The van der Waals surface area contributed by atoms with Crippen LogP contribution in [0, 0.1) is 5.82 Å². The number of carboxylic acids is 1. The highest BCUT2D eigenvalue weighted by Gasteiger charge is 2.12. The SMILES string of the molecule is NC(=O)c1ccc(Cn2cccc2C(=O)O)c(F)c1. The second-order valence-electron chi connectivity index (χ2n) is 4.00. The summed E-state index contributed by atoms with van der Waals surface area (Å²) in [5.74, 6) is -2.39. The molecule has 0 saturated heterocycles. The molecule has 0 bridgehead atoms. The van der Waals surface area contributed by atoms with Gasteiger partial charge in [-0.25, -0.2) is 9.18 Å². The van der Waals surface area contributed by atoms with Crippen LogP contribution in [-0.2, 0) is 6.54 Å². The number of primary amides is 1. The molecule has 0 unspecified atom stereocenters. The quantitative estimate of drug-likeness (QED) is 0.874. The number of amides is 1. The first-order chi connectivity index (χ1) is 8.99. The number of halogens is 1. The van der Waals surface area contributed by atoms with Crippen molar-refractivity contribution >= 4 is 11.9 Å². The molecule has 1 amide bonds. The Morgan fingerprint density at radius 2 is 2.05 bits per heavy atom. The standard InChI is InChI=1S/C13H11FN2O3/c14-10-6-8(12(15)17)3-4-9(10)7-16-5-1-2-11(16)13(18)19/h1-6H,7H2,(H2,15,17)(H,18,19). The van der Waals surface area contributed by atoms with Crippen LogP contribution in [0.3, 0.4) is 0 Å². The number of hydrogen-bond acceptors (Lipinski definition) is 2. The molecular weight excluding hydrogens is 251 g/mol. The topological polar surface area (TPSA) is 85.3 Å². The van der Waals surface area contributed by atoms with Crippen LogP contribution in [0.2, 0.25) is 0 Å². The van der Waals surface area contributed by atoms with Gasteiger partial charge in [0, 0.05) is 17.3 Å². The number of nitrogens with zero attached hydrogens (tertiary/aromatic N) is 1. The Bertz CT molecular complexity index is 649. The van der Waals surface area contributed by atoms with E-state index in [0.29, 0.717) is 0 Å². The van der Waals surface area contributed by atoms with Crippen molar-refractivity contribution in [1.82, 2.24) is 4.57 Å². The van der Waals surface area contributed by atoms with Gasteiger partial charge in [0.15, 0.2) is 0 Å². The number of carbonyl (C=O) groups excluding carboxylic acids is 1. The third-order valence-corrected chi connectivity index (χ3v) is 2.73. The summed E-state index contributed by atoms with van der Waals surface area (Å²) in [6.07, 6.45) is 1.55. The Balaban J connectivity index is 2.31. The lowest BCUT2D eigenvalue weighted by Gasteiger charge is -2.08. The fourth-order valence-electron chi connectivity index (χ4n) is 1.76. The van der Waals surface area contributed by atoms with Gasteiger partial charge in [-0.15, -0.1) is 0 Å². The average Bonchev–Trinajstić information content (AvgIpc) is 2.79. The minimum Gasteiger partial charge on any atom is -0.477 e. The summed E-state index contributed by atoms with van der Waals surface area (Å²) in [4.78, 5) is 21.8. The molecule has 0 radical (unpaired) electrons. The van der Waals surface area contributed by atoms with Gasteiger partial charge in [0.2, 0.25) is 5.91 Å². The molecule has 1 heterocycles. The van der Waals surface area contributed by atoms with Crippen LogP contribution in [0.1, 0.15) is 26.4 Å². The van der Waals surface area contributed by atoms with Crippen molar-refractivity contribution in [2.24, 2.45) is 5.73 Å². The molecule has 98 valence electrons. The van der Waals surface area contributed by atoms with Crippen molar-refractivity contribution < 1.29 is 19.1 Å². The van der Waals surface area contributed by atoms with Crippen LogP contribution in [0.25, 0.3) is 0 Å². The lowest BCUT2D eigenvalue weighted by Crippen LogP contribution is -2.13. The highest BCUT2D eigenvalue weighted by Crippen LogP contribution is 2.14. The van der Waals surface area contributed by atoms with Gasteiger partial charge < -0.3 is 15.4 Å². The number of rotatable bonds is 4. The van der Waals surface area contributed by atoms with Crippen LogP contribution in [0.4, 0.5) is 4.39 Å². The van der Waals surface area contributed by atoms with E-state index < -0.39 is 17.7 Å². The second-order valence-corrected chi connectivity index (χ2v) is 4.00. The molecule has 0 fully saturated rings. The molecule has 0 atom stereocenters. The fourth-order valence-corrected chi connectivity index (χ4v) is 1.76. The van der Waals surface area contributed by atoms with Crippen molar-refractivity contribution in [3.8, 4) is 0 Å². The summed E-state index contributed by atoms with van der Waals surface area (Å²) in [7, 11) is 0. The van der Waals surface area contributed by atoms with Crippen LogP contribution in [0.15, 0.2) is 36.5 Å². The predicted molar refractivity (Wildman–Crippen MR) is 65.4 cm³/mol. The van der Waals surface area contributed by atoms with Gasteiger partial charge in [-0.1, -0.05) is 6.07 Å². The number of nitrogens with two attached hydrogens (primary N) is 1. The van der Waals surface area contributed by atoms with Gasteiger partial charge >= 0.3 is 5.97 Å². The molecule has 0 aliphatic rings. The zero-order valence-electron chi connectivity index (χ0n) is 9.84. The second kappa shape index (κ2) is 4.93. The van der Waals surface area contributed by atoms with Crippen molar-refractivity contribution in [3.63, 3.8) is 0 Å². The molecule has 0 saturated carbocycles. The van der Waals surface area contributed by atoms with Gasteiger partial charge in [0.25, 0.3) is 0 Å². The Labute approximate surface area is 108 Å². The molecule has 0 aliphatic heterocycles. The summed E-state index contributed by atoms with van der Waals surface area (Å²) in [6, 6.07) is 6.87. The van der Waals surface area contributed by atoms with Gasteiger partial charge in [0.05, 0.1) is 6.54 Å². The minimum absolute atomic E-state index is 0.0679. The molecule has 1 aromatic heterocycles. The van der Waals surface area contributed by atoms with E-state index >= 15 is 0 Å². The first-order valence-corrected chi connectivity index (χ1v) is 5.45. The van der Waals surface area contributed by atoms with Gasteiger partial charge in [-0.3, -0.25) is 4.79 Å². The third kappa shape index (κ3) is 2.62.